The summed E-state index contributed by atoms with van der Waals surface area (Å²) in [5, 5.41) is 27.6. The van der Waals surface area contributed by atoms with E-state index in [1.807, 2.05) is 0 Å². The third-order valence-electron chi connectivity index (χ3n) is 12.1. The van der Waals surface area contributed by atoms with Crippen molar-refractivity contribution in [3.05, 3.63) is 65.6 Å². The van der Waals surface area contributed by atoms with Crippen LogP contribution >= 0.6 is 38.1 Å². The van der Waals surface area contributed by atoms with Gasteiger partial charge < -0.3 is 52.1 Å². The number of amides is 6. The Balaban J connectivity index is 0.881. The Morgan fingerprint density at radius 3 is 2.18 bits per heavy atom. The number of nitrogens with two attached hydrogens (primary N) is 2. The number of urea groups is 1. The first-order valence-electron chi connectivity index (χ1n) is 23.6. The number of aliphatic hydroxyl groups excluding tert-OH is 1. The average molecular weight is 1180 g/mol. The van der Waals surface area contributed by atoms with E-state index in [-0.39, 0.29) is 60.0 Å². The summed E-state index contributed by atoms with van der Waals surface area (Å²) in [5.74, 6) is -2.57. The van der Waals surface area contributed by atoms with Crippen LogP contribution in [0.25, 0.3) is 32.8 Å². The fraction of sp³-hybridized carbons (Fsp3) is 0.488. The second-order valence-electron chi connectivity index (χ2n) is 17.9. The van der Waals surface area contributed by atoms with Gasteiger partial charge in [0.1, 0.15) is 73.9 Å². The lowest BCUT2D eigenvalue weighted by Crippen LogP contribution is -2.55. The number of nitrogen functional groups attached to an aromatic ring is 1. The van der Waals surface area contributed by atoms with Crippen molar-refractivity contribution in [2.45, 2.75) is 94.5 Å². The molecule has 3 fully saturated rings. The first-order valence-corrected chi connectivity index (χ1v) is 29.0. The first kappa shape index (κ1) is 58.3. The van der Waals surface area contributed by atoms with Crippen molar-refractivity contribution in [3.8, 4) is 0 Å². The number of hydrogen-bond acceptors (Lipinski definition) is 23. The molecular formula is C41H51FN18O15P2S2. The van der Waals surface area contributed by atoms with Gasteiger partial charge >= 0.3 is 25.7 Å². The molecule has 79 heavy (non-hydrogen) atoms. The minimum Gasteiger partial charge on any atom is -0.444 e. The molecule has 38 heteroatoms. The molecule has 0 aliphatic carbocycles. The number of anilines is 3. The molecular weight excluding hydrogens is 1130 g/mol. The summed E-state index contributed by atoms with van der Waals surface area (Å²) in [4.78, 5) is 90.6. The Labute approximate surface area is 455 Å². The molecule has 0 spiro atoms. The second-order valence-corrected chi connectivity index (χ2v) is 23.7. The van der Waals surface area contributed by atoms with Gasteiger partial charge in [-0.1, -0.05) is 55.6 Å². The molecule has 10 N–H and O–H groups in total. The normalized spacial score (nSPS) is 26.8. The van der Waals surface area contributed by atoms with Crippen LogP contribution in [0.5, 0.6) is 0 Å². The largest absolute Gasteiger partial charge is 0.444 e. The summed E-state index contributed by atoms with van der Waals surface area (Å²) in [6.45, 7) is -7.78. The number of azide groups is 1. The quantitative estimate of drug-likeness (QED) is 0.0160. The summed E-state index contributed by atoms with van der Waals surface area (Å²) < 4.78 is 86.0. The summed E-state index contributed by atoms with van der Waals surface area (Å²) in [6.07, 6.45) is -8.91. The smallest absolute Gasteiger partial charge is 0.413 e. The van der Waals surface area contributed by atoms with Gasteiger partial charge in [-0.15, -0.1) is 0 Å². The molecule has 3 aliphatic heterocycles. The van der Waals surface area contributed by atoms with Crippen molar-refractivity contribution in [2.75, 3.05) is 42.7 Å². The minimum atomic E-state index is -4.51. The molecule has 1 aromatic carbocycles. The SMILES string of the molecule is CC(C)[C@H](NC(=O)CN=[N+]=[N-])C(=O)N[C@@H](CCCNC(N)=O)C(=O)Nc1ccc(COC(=O)Nc2ncnc3c2ncn3[C@@H]2OC3COP(=O)(S)O[C@H]4[C@@H](F)[C@H](n5cnc6c(N)ncnc65)O[C@@H]4CO[P@@](=O)(S)O[C@H]3[C@H]2O)cc1. The lowest BCUT2D eigenvalue weighted by atomic mass is 10.0. The van der Waals surface area contributed by atoms with Crippen molar-refractivity contribution in [3.63, 3.8) is 0 Å². The Bertz CT molecular complexity index is 3230. The van der Waals surface area contributed by atoms with Gasteiger partial charge in [0.15, 0.2) is 47.1 Å². The predicted molar refractivity (Wildman–Crippen MR) is 277 cm³/mol. The molecule has 3 saturated heterocycles. The Hall–Kier alpha value is -6.81. The van der Waals surface area contributed by atoms with Crippen LogP contribution in [0.15, 0.2) is 54.7 Å². The van der Waals surface area contributed by atoms with Crippen molar-refractivity contribution in [2.24, 2.45) is 16.8 Å². The molecule has 5 aromatic rings. The van der Waals surface area contributed by atoms with Crippen LogP contribution in [0.2, 0.25) is 0 Å². The third kappa shape index (κ3) is 14.2. The highest BCUT2D eigenvalue weighted by molar-refractivity contribution is 8.44. The number of nitrogens with zero attached hydrogens (tertiary/aromatic N) is 11. The number of aromatic nitrogens is 8. The van der Waals surface area contributed by atoms with Crippen molar-refractivity contribution >= 4 is 108 Å². The number of carbonyl (C=O) groups is 5. The number of hydrogen-bond donors (Lipinski definition) is 10. The van der Waals surface area contributed by atoms with E-state index in [4.69, 9.17) is 49.3 Å². The maximum absolute atomic E-state index is 16.3. The third-order valence-corrected chi connectivity index (χ3v) is 15.4. The second kappa shape index (κ2) is 25.1. The van der Waals surface area contributed by atoms with Crippen LogP contribution in [-0.2, 0) is 62.4 Å². The van der Waals surface area contributed by atoms with E-state index >= 15 is 4.39 Å². The minimum absolute atomic E-state index is 0.00456. The van der Waals surface area contributed by atoms with Gasteiger partial charge in [0, 0.05) is 17.1 Å². The highest BCUT2D eigenvalue weighted by atomic mass is 32.7. The van der Waals surface area contributed by atoms with Gasteiger partial charge in [-0.2, -0.15) is 0 Å². The number of primary amides is 1. The summed E-state index contributed by atoms with van der Waals surface area (Å²) in [6, 6.07) is 3.12. The van der Waals surface area contributed by atoms with Crippen LogP contribution in [0.1, 0.15) is 44.7 Å². The number of ether oxygens (including phenoxy) is 3. The number of aliphatic hydroxyl groups is 1. The fourth-order valence-electron chi connectivity index (χ4n) is 8.37. The number of rotatable bonds is 17. The number of benzene rings is 1. The summed E-state index contributed by atoms with van der Waals surface area (Å²) in [5.41, 5.74) is 20.6. The van der Waals surface area contributed by atoms with E-state index in [1.165, 1.54) is 33.9 Å². The van der Waals surface area contributed by atoms with E-state index in [2.05, 4.69) is 91.0 Å². The first-order chi connectivity index (χ1) is 37.6. The van der Waals surface area contributed by atoms with Crippen molar-refractivity contribution in [1.82, 2.24) is 55.0 Å². The lowest BCUT2D eigenvalue weighted by molar-refractivity contribution is -0.131. The average Bonchev–Trinajstić information content (AvgIpc) is 4.40. The fourth-order valence-corrected chi connectivity index (χ4v) is 11.3. The van der Waals surface area contributed by atoms with E-state index in [9.17, 15) is 38.2 Å². The molecule has 4 aromatic heterocycles. The zero-order chi connectivity index (χ0) is 56.8. The number of fused-ring (bicyclic) bond motifs is 4. The number of carbonyl (C=O) groups excluding carboxylic acids is 5. The van der Waals surface area contributed by atoms with Crippen LogP contribution in [-0.4, -0.2) is 149 Å². The monoisotopic (exact) mass is 1180 g/mol. The molecule has 0 saturated carbocycles. The molecule has 424 valence electrons. The van der Waals surface area contributed by atoms with Crippen LogP contribution in [0.4, 0.5) is 31.3 Å². The number of imidazole rings is 2. The summed E-state index contributed by atoms with van der Waals surface area (Å²) in [7, 11) is 0. The predicted octanol–water partition coefficient (Wildman–Crippen LogP) is 2.71. The number of halogens is 1. The summed E-state index contributed by atoms with van der Waals surface area (Å²) >= 11 is 8.17. The van der Waals surface area contributed by atoms with E-state index in [0.29, 0.717) is 11.3 Å². The highest BCUT2D eigenvalue weighted by Gasteiger charge is 2.54. The van der Waals surface area contributed by atoms with E-state index in [1.54, 1.807) is 26.0 Å². The number of alkyl halides is 1. The van der Waals surface area contributed by atoms with Gasteiger partial charge in [-0.3, -0.25) is 46.9 Å². The number of thiol groups is 2. The van der Waals surface area contributed by atoms with E-state index < -0.39 is 130 Å². The maximum atomic E-state index is 16.3. The highest BCUT2D eigenvalue weighted by Crippen LogP contribution is 2.60. The van der Waals surface area contributed by atoms with Gasteiger partial charge in [0.2, 0.25) is 17.7 Å². The molecule has 7 heterocycles. The topological polar surface area (TPSA) is 452 Å². The molecule has 8 rings (SSSR count). The van der Waals surface area contributed by atoms with Crippen molar-refractivity contribution in [1.29, 1.82) is 0 Å². The standard InChI is InChI=1S/C41H51FN18O15P2S2/c1-18(2)26(56-24(61)10-53-58-45)37(64)55-21(4-3-9-46-40(44)65)36(63)54-20-7-5-19(6-8-20)11-69-41(66)57-33-28-35(50-15-48-33)60(17-52-28)39-29(62)31-23(73-39)13-71-76(67,78)74-30-22(12-70-77(68,79)75-31)72-38(25(30)42)59-16-51-27-32(43)47-14-49-34(27)59/h5-8,14-18,21-23,25-26,29-31,38-39,62H,3-4,9-13H2,1-2H3,(H,54,63)(H,55,64)(H,56,61)(H,67,78)(H,68,79)(H2,43,47,49)(H3,44,46,65)(H,48,50,57,66)/t21-,22+,23?,25+,26-,29+,30+,31+,38+,39+,76?,77+/m0/s1. The molecule has 6 amide bonds. The van der Waals surface area contributed by atoms with Gasteiger partial charge in [-0.05, 0) is 42.0 Å². The molecule has 12 atom stereocenters. The lowest BCUT2D eigenvalue weighted by Gasteiger charge is -2.28. The van der Waals surface area contributed by atoms with Crippen LogP contribution < -0.4 is 38.1 Å². The van der Waals surface area contributed by atoms with Crippen molar-refractivity contribution < 1.29 is 74.9 Å². The Kier molecular flexibility index (Phi) is 18.5. The van der Waals surface area contributed by atoms with Gasteiger partial charge in [0.05, 0.1) is 25.9 Å². The molecule has 33 nitrogen and oxygen atoms in total. The maximum Gasteiger partial charge on any atom is 0.413 e. The molecule has 2 unspecified atom stereocenters. The molecule has 0 bridgehead atoms. The Morgan fingerprint density at radius 2 is 1.51 bits per heavy atom. The van der Waals surface area contributed by atoms with Gasteiger partial charge in [0.25, 0.3) is 0 Å². The van der Waals surface area contributed by atoms with Gasteiger partial charge in [-0.25, -0.2) is 53.0 Å². The number of nitrogens with one attached hydrogen (secondary N) is 5. The zero-order valence-electron chi connectivity index (χ0n) is 41.3. The van der Waals surface area contributed by atoms with Crippen LogP contribution in [0.3, 0.4) is 0 Å². The van der Waals surface area contributed by atoms with E-state index in [0.717, 1.165) is 12.7 Å². The molecule has 3 aliphatic rings. The Morgan fingerprint density at radius 1 is 0.886 bits per heavy atom. The van der Waals surface area contributed by atoms with Crippen LogP contribution in [0, 0.1) is 5.92 Å². The zero-order valence-corrected chi connectivity index (χ0v) is 44.9. The molecule has 0 radical (unpaired) electrons.